The number of anilines is 1. The molecule has 2 aliphatic rings. The molecule has 0 unspecified atom stereocenters. The zero-order valence-electron chi connectivity index (χ0n) is 17.3. The smallest absolute Gasteiger partial charge is 0.225 e. The predicted octanol–water partition coefficient (Wildman–Crippen LogP) is 3.81. The molecule has 1 aromatic carbocycles. The van der Waals surface area contributed by atoms with Crippen LogP contribution in [0.3, 0.4) is 0 Å². The van der Waals surface area contributed by atoms with Crippen LogP contribution in [0.15, 0.2) is 24.3 Å². The van der Waals surface area contributed by atoms with E-state index in [0.717, 1.165) is 37.8 Å². The van der Waals surface area contributed by atoms with Crippen LogP contribution >= 0.6 is 0 Å². The van der Waals surface area contributed by atoms with E-state index in [0.29, 0.717) is 12.0 Å². The van der Waals surface area contributed by atoms with Crippen molar-refractivity contribution in [2.45, 2.75) is 51.9 Å². The average Bonchev–Trinajstić information content (AvgIpc) is 2.93. The van der Waals surface area contributed by atoms with E-state index in [1.54, 1.807) is 31.2 Å². The number of benzene rings is 1. The summed E-state index contributed by atoms with van der Waals surface area (Å²) in [5.41, 5.74) is 1.42. The van der Waals surface area contributed by atoms with Gasteiger partial charge in [0.25, 0.3) is 0 Å². The zero-order chi connectivity index (χ0) is 19.8. The molecular weight excluding hydrogens is 350 g/mol. The number of rotatable bonds is 7. The first-order valence-electron chi connectivity index (χ1n) is 11.0. The summed E-state index contributed by atoms with van der Waals surface area (Å²) in [4.78, 5) is 28.7. The molecule has 1 saturated carbocycles. The van der Waals surface area contributed by atoms with Gasteiger partial charge in [0, 0.05) is 43.9 Å². The van der Waals surface area contributed by atoms with Crippen molar-refractivity contribution in [3.63, 3.8) is 0 Å². The van der Waals surface area contributed by atoms with Gasteiger partial charge in [0.15, 0.2) is 5.78 Å². The van der Waals surface area contributed by atoms with Crippen molar-refractivity contribution >= 4 is 17.4 Å². The van der Waals surface area contributed by atoms with E-state index in [9.17, 15) is 9.59 Å². The topological polar surface area (TPSA) is 52.7 Å². The van der Waals surface area contributed by atoms with Crippen molar-refractivity contribution < 1.29 is 9.59 Å². The van der Waals surface area contributed by atoms with Gasteiger partial charge < -0.3 is 15.1 Å². The standard InChI is InChI=1S/C23H35N3O2/c1-19(27)21-8-10-22(11-9-21)24-23(28)12-15-25-13-5-14-26(17-16-25)18-20-6-3-2-4-7-20/h8-11,20H,2-7,12-18H2,1H3,(H,24,28). The fourth-order valence-electron chi connectivity index (χ4n) is 4.44. The van der Waals surface area contributed by atoms with Crippen molar-refractivity contribution in [2.75, 3.05) is 44.6 Å². The molecule has 1 aliphatic heterocycles. The Hall–Kier alpha value is -1.72. The largest absolute Gasteiger partial charge is 0.326 e. The van der Waals surface area contributed by atoms with E-state index in [1.165, 1.54) is 51.6 Å². The number of carbonyl (C=O) groups is 2. The van der Waals surface area contributed by atoms with Gasteiger partial charge in [-0.15, -0.1) is 0 Å². The molecule has 1 saturated heterocycles. The summed E-state index contributed by atoms with van der Waals surface area (Å²) in [5.74, 6) is 0.982. The third-order valence-electron chi connectivity index (χ3n) is 6.15. The van der Waals surface area contributed by atoms with E-state index in [2.05, 4.69) is 15.1 Å². The van der Waals surface area contributed by atoms with Crippen LogP contribution in [0.25, 0.3) is 0 Å². The lowest BCUT2D eigenvalue weighted by Crippen LogP contribution is -2.35. The van der Waals surface area contributed by atoms with Crippen LogP contribution in [-0.4, -0.2) is 60.8 Å². The molecule has 1 amide bonds. The van der Waals surface area contributed by atoms with Crippen LogP contribution < -0.4 is 5.32 Å². The first kappa shape index (κ1) is 21.0. The summed E-state index contributed by atoms with van der Waals surface area (Å²) >= 11 is 0. The quantitative estimate of drug-likeness (QED) is 0.725. The Labute approximate surface area is 169 Å². The lowest BCUT2D eigenvalue weighted by Gasteiger charge is -2.28. The highest BCUT2D eigenvalue weighted by molar-refractivity contribution is 5.95. The summed E-state index contributed by atoms with van der Waals surface area (Å²) in [6.45, 7) is 8.10. The number of hydrogen-bond donors (Lipinski definition) is 1. The minimum atomic E-state index is 0.0385. The lowest BCUT2D eigenvalue weighted by atomic mass is 9.89. The Morgan fingerprint density at radius 3 is 2.32 bits per heavy atom. The Morgan fingerprint density at radius 2 is 1.61 bits per heavy atom. The molecule has 1 heterocycles. The van der Waals surface area contributed by atoms with E-state index in [4.69, 9.17) is 0 Å². The van der Waals surface area contributed by atoms with Gasteiger partial charge in [0.1, 0.15) is 0 Å². The maximum Gasteiger partial charge on any atom is 0.225 e. The van der Waals surface area contributed by atoms with Crippen molar-refractivity contribution in [3.8, 4) is 0 Å². The second kappa shape index (κ2) is 10.7. The number of Topliss-reactive ketones (excluding diaryl/α,β-unsaturated/α-hetero) is 1. The molecule has 0 radical (unpaired) electrons. The highest BCUT2D eigenvalue weighted by Gasteiger charge is 2.20. The predicted molar refractivity (Wildman–Crippen MR) is 114 cm³/mol. The summed E-state index contributed by atoms with van der Waals surface area (Å²) < 4.78 is 0. The number of amides is 1. The van der Waals surface area contributed by atoms with Gasteiger partial charge in [0.2, 0.25) is 5.91 Å². The second-order valence-electron chi connectivity index (χ2n) is 8.43. The van der Waals surface area contributed by atoms with Gasteiger partial charge in [-0.2, -0.15) is 0 Å². The molecule has 1 N–H and O–H groups in total. The van der Waals surface area contributed by atoms with Crippen molar-refractivity contribution in [1.29, 1.82) is 0 Å². The molecule has 2 fully saturated rings. The average molecular weight is 386 g/mol. The van der Waals surface area contributed by atoms with Gasteiger partial charge in [0.05, 0.1) is 0 Å². The molecule has 0 aromatic heterocycles. The number of ketones is 1. The number of carbonyl (C=O) groups excluding carboxylic acids is 2. The molecule has 3 rings (SSSR count). The Bertz CT molecular complexity index is 638. The van der Waals surface area contributed by atoms with Crippen LogP contribution in [0.2, 0.25) is 0 Å². The van der Waals surface area contributed by atoms with Crippen molar-refractivity contribution in [2.24, 2.45) is 5.92 Å². The molecule has 28 heavy (non-hydrogen) atoms. The van der Waals surface area contributed by atoms with Gasteiger partial charge >= 0.3 is 0 Å². The van der Waals surface area contributed by atoms with Gasteiger partial charge in [-0.3, -0.25) is 9.59 Å². The maximum atomic E-state index is 12.3. The molecule has 1 aromatic rings. The molecule has 154 valence electrons. The third-order valence-corrected chi connectivity index (χ3v) is 6.15. The van der Waals surface area contributed by atoms with E-state index >= 15 is 0 Å². The fraction of sp³-hybridized carbons (Fsp3) is 0.652. The summed E-state index contributed by atoms with van der Waals surface area (Å²) in [6.07, 6.45) is 8.78. The van der Waals surface area contributed by atoms with Crippen molar-refractivity contribution in [1.82, 2.24) is 9.80 Å². The van der Waals surface area contributed by atoms with Crippen LogP contribution in [-0.2, 0) is 4.79 Å². The summed E-state index contributed by atoms with van der Waals surface area (Å²) in [6, 6.07) is 7.11. The van der Waals surface area contributed by atoms with Gasteiger partial charge in [-0.25, -0.2) is 0 Å². The maximum absolute atomic E-state index is 12.3. The third kappa shape index (κ3) is 6.71. The monoisotopic (exact) mass is 385 g/mol. The lowest BCUT2D eigenvalue weighted by molar-refractivity contribution is -0.116. The zero-order valence-corrected chi connectivity index (χ0v) is 17.3. The normalized spacial score (nSPS) is 19.9. The van der Waals surface area contributed by atoms with Crippen LogP contribution in [0, 0.1) is 5.92 Å². The Morgan fingerprint density at radius 1 is 0.929 bits per heavy atom. The number of nitrogens with one attached hydrogen (secondary N) is 1. The molecule has 0 spiro atoms. The van der Waals surface area contributed by atoms with E-state index in [-0.39, 0.29) is 11.7 Å². The Kier molecular flexibility index (Phi) is 8.04. The molecule has 0 atom stereocenters. The summed E-state index contributed by atoms with van der Waals surface area (Å²) in [7, 11) is 0. The number of hydrogen-bond acceptors (Lipinski definition) is 4. The summed E-state index contributed by atoms with van der Waals surface area (Å²) in [5, 5.41) is 2.94. The fourth-order valence-corrected chi connectivity index (χ4v) is 4.44. The first-order chi connectivity index (χ1) is 13.6. The minimum Gasteiger partial charge on any atom is -0.326 e. The highest BCUT2D eigenvalue weighted by Crippen LogP contribution is 2.24. The van der Waals surface area contributed by atoms with Gasteiger partial charge in [-0.1, -0.05) is 19.3 Å². The SMILES string of the molecule is CC(=O)c1ccc(NC(=O)CCN2CCCN(CC3CCCCC3)CC2)cc1. The second-order valence-corrected chi connectivity index (χ2v) is 8.43. The van der Waals surface area contributed by atoms with Crippen LogP contribution in [0.5, 0.6) is 0 Å². The van der Waals surface area contributed by atoms with E-state index in [1.807, 2.05) is 0 Å². The molecular formula is C23H35N3O2. The minimum absolute atomic E-state index is 0.0385. The van der Waals surface area contributed by atoms with Crippen molar-refractivity contribution in [3.05, 3.63) is 29.8 Å². The highest BCUT2D eigenvalue weighted by atomic mass is 16.1. The molecule has 5 nitrogen and oxygen atoms in total. The molecule has 5 heteroatoms. The van der Waals surface area contributed by atoms with Crippen LogP contribution in [0.4, 0.5) is 5.69 Å². The number of nitrogens with zero attached hydrogens (tertiary/aromatic N) is 2. The van der Waals surface area contributed by atoms with Gasteiger partial charge in [-0.05, 0) is 69.5 Å². The van der Waals surface area contributed by atoms with Crippen LogP contribution in [0.1, 0.15) is 62.2 Å². The molecule has 1 aliphatic carbocycles. The first-order valence-corrected chi connectivity index (χ1v) is 11.0. The molecule has 0 bridgehead atoms. The Balaban J connectivity index is 1.37. The van der Waals surface area contributed by atoms with E-state index < -0.39 is 0 Å².